The van der Waals surface area contributed by atoms with Crippen LogP contribution in [0, 0.1) is 0 Å². The van der Waals surface area contributed by atoms with Crippen molar-refractivity contribution in [3.63, 3.8) is 0 Å². The van der Waals surface area contributed by atoms with Crippen molar-refractivity contribution in [3.8, 4) is 11.4 Å². The number of benzene rings is 2. The number of imidazole rings is 1. The van der Waals surface area contributed by atoms with E-state index in [0.29, 0.717) is 6.54 Å². The molecule has 3 nitrogen and oxygen atoms in total. The van der Waals surface area contributed by atoms with Gasteiger partial charge in [0, 0.05) is 28.1 Å². The molecule has 0 atom stereocenters. The second-order valence-corrected chi connectivity index (χ2v) is 5.50. The SMILES string of the molecule is Nc1cc(Br)ccc1Cn1ccnc1-c1ccccc1. The Hall–Kier alpha value is -2.07. The van der Waals surface area contributed by atoms with Gasteiger partial charge in [0.15, 0.2) is 0 Å². The van der Waals surface area contributed by atoms with Crippen LogP contribution in [0.5, 0.6) is 0 Å². The molecule has 0 saturated carbocycles. The van der Waals surface area contributed by atoms with Crippen molar-refractivity contribution >= 4 is 21.6 Å². The van der Waals surface area contributed by atoms with E-state index < -0.39 is 0 Å². The van der Waals surface area contributed by atoms with Gasteiger partial charge in [-0.05, 0) is 17.7 Å². The lowest BCUT2D eigenvalue weighted by molar-refractivity contribution is 0.809. The van der Waals surface area contributed by atoms with Crippen LogP contribution in [0.25, 0.3) is 11.4 Å². The van der Waals surface area contributed by atoms with Crippen molar-refractivity contribution in [2.24, 2.45) is 0 Å². The lowest BCUT2D eigenvalue weighted by atomic mass is 10.1. The van der Waals surface area contributed by atoms with Crippen molar-refractivity contribution in [1.29, 1.82) is 0 Å². The second kappa shape index (κ2) is 5.51. The molecule has 3 rings (SSSR count). The first-order valence-electron chi connectivity index (χ1n) is 6.34. The fourth-order valence-corrected chi connectivity index (χ4v) is 2.56. The van der Waals surface area contributed by atoms with Crippen LogP contribution in [0.2, 0.25) is 0 Å². The van der Waals surface area contributed by atoms with E-state index in [1.165, 1.54) is 0 Å². The third-order valence-electron chi connectivity index (χ3n) is 3.20. The monoisotopic (exact) mass is 327 g/mol. The van der Waals surface area contributed by atoms with Crippen LogP contribution in [0.3, 0.4) is 0 Å². The number of nitrogen functional groups attached to an aromatic ring is 1. The van der Waals surface area contributed by atoms with E-state index in [2.05, 4.69) is 37.6 Å². The summed E-state index contributed by atoms with van der Waals surface area (Å²) in [5, 5.41) is 0. The molecule has 0 saturated heterocycles. The lowest BCUT2D eigenvalue weighted by Crippen LogP contribution is -2.04. The summed E-state index contributed by atoms with van der Waals surface area (Å²) in [6, 6.07) is 16.1. The molecule has 100 valence electrons. The van der Waals surface area contributed by atoms with Gasteiger partial charge in [-0.3, -0.25) is 0 Å². The largest absolute Gasteiger partial charge is 0.398 e. The van der Waals surface area contributed by atoms with Gasteiger partial charge in [0.1, 0.15) is 5.82 Å². The normalized spacial score (nSPS) is 10.7. The molecule has 0 bridgehead atoms. The maximum atomic E-state index is 6.06. The van der Waals surface area contributed by atoms with Crippen molar-refractivity contribution in [2.45, 2.75) is 6.54 Å². The van der Waals surface area contributed by atoms with E-state index in [1.54, 1.807) is 0 Å². The van der Waals surface area contributed by atoms with E-state index >= 15 is 0 Å². The van der Waals surface area contributed by atoms with Crippen molar-refractivity contribution in [3.05, 3.63) is 71.0 Å². The third-order valence-corrected chi connectivity index (χ3v) is 3.69. The van der Waals surface area contributed by atoms with Gasteiger partial charge in [-0.2, -0.15) is 0 Å². The highest BCUT2D eigenvalue weighted by molar-refractivity contribution is 9.10. The van der Waals surface area contributed by atoms with Crippen LogP contribution in [-0.2, 0) is 6.54 Å². The van der Waals surface area contributed by atoms with E-state index in [0.717, 1.165) is 27.1 Å². The Bertz CT molecular complexity index is 720. The van der Waals surface area contributed by atoms with Crippen molar-refractivity contribution in [1.82, 2.24) is 9.55 Å². The molecular weight excluding hydrogens is 314 g/mol. The maximum Gasteiger partial charge on any atom is 0.140 e. The van der Waals surface area contributed by atoms with E-state index in [-0.39, 0.29) is 0 Å². The number of aromatic nitrogens is 2. The fourth-order valence-electron chi connectivity index (χ4n) is 2.18. The molecule has 4 heteroatoms. The molecule has 2 N–H and O–H groups in total. The quantitative estimate of drug-likeness (QED) is 0.740. The predicted octanol–water partition coefficient (Wildman–Crippen LogP) is 3.94. The topological polar surface area (TPSA) is 43.8 Å². The number of hydrogen-bond acceptors (Lipinski definition) is 2. The maximum absolute atomic E-state index is 6.06. The molecule has 0 radical (unpaired) electrons. The molecule has 0 aliphatic carbocycles. The van der Waals surface area contributed by atoms with Gasteiger partial charge in [0.05, 0.1) is 6.54 Å². The zero-order chi connectivity index (χ0) is 13.9. The van der Waals surface area contributed by atoms with Gasteiger partial charge in [-0.25, -0.2) is 4.98 Å². The summed E-state index contributed by atoms with van der Waals surface area (Å²) in [5.74, 6) is 0.952. The second-order valence-electron chi connectivity index (χ2n) is 4.59. The minimum absolute atomic E-state index is 0.712. The average Bonchev–Trinajstić information content (AvgIpc) is 2.91. The first-order chi connectivity index (χ1) is 9.74. The summed E-state index contributed by atoms with van der Waals surface area (Å²) in [4.78, 5) is 4.44. The summed E-state index contributed by atoms with van der Waals surface area (Å²) in [5.41, 5.74) is 9.04. The number of nitrogens with zero attached hydrogens (tertiary/aromatic N) is 2. The minimum atomic E-state index is 0.712. The van der Waals surface area contributed by atoms with E-state index in [4.69, 9.17) is 5.73 Å². The number of rotatable bonds is 3. The van der Waals surface area contributed by atoms with E-state index in [1.807, 2.05) is 48.8 Å². The highest BCUT2D eigenvalue weighted by Gasteiger charge is 2.07. The molecule has 0 unspecified atom stereocenters. The van der Waals surface area contributed by atoms with Gasteiger partial charge in [-0.15, -0.1) is 0 Å². The third kappa shape index (κ3) is 2.60. The molecule has 20 heavy (non-hydrogen) atoms. The summed E-state index contributed by atoms with van der Waals surface area (Å²) >= 11 is 3.43. The first kappa shape index (κ1) is 12.9. The molecule has 0 fully saturated rings. The average molecular weight is 328 g/mol. The predicted molar refractivity (Wildman–Crippen MR) is 85.3 cm³/mol. The minimum Gasteiger partial charge on any atom is -0.398 e. The van der Waals surface area contributed by atoms with Crippen LogP contribution in [0.15, 0.2) is 65.4 Å². The highest BCUT2D eigenvalue weighted by Crippen LogP contribution is 2.22. The lowest BCUT2D eigenvalue weighted by Gasteiger charge is -2.10. The highest BCUT2D eigenvalue weighted by atomic mass is 79.9. The molecule has 1 heterocycles. The standard InChI is InChI=1S/C16H14BrN3/c17-14-7-6-13(15(18)10-14)11-20-9-8-19-16(20)12-4-2-1-3-5-12/h1-10H,11,18H2. The Balaban J connectivity index is 1.95. The summed E-state index contributed by atoms with van der Waals surface area (Å²) < 4.78 is 3.10. The number of nitrogens with two attached hydrogens (primary N) is 1. The Morgan fingerprint density at radius 1 is 1.10 bits per heavy atom. The summed E-state index contributed by atoms with van der Waals surface area (Å²) in [6.07, 6.45) is 3.79. The first-order valence-corrected chi connectivity index (χ1v) is 7.14. The zero-order valence-electron chi connectivity index (χ0n) is 10.8. The smallest absolute Gasteiger partial charge is 0.140 e. The molecule has 2 aromatic carbocycles. The van der Waals surface area contributed by atoms with Gasteiger partial charge in [0.2, 0.25) is 0 Å². The molecule has 0 amide bonds. The fraction of sp³-hybridized carbons (Fsp3) is 0.0625. The van der Waals surface area contributed by atoms with Crippen LogP contribution < -0.4 is 5.73 Å². The number of anilines is 1. The van der Waals surface area contributed by atoms with Crippen LogP contribution in [0.1, 0.15) is 5.56 Å². The Morgan fingerprint density at radius 3 is 2.65 bits per heavy atom. The van der Waals surface area contributed by atoms with Crippen LogP contribution in [-0.4, -0.2) is 9.55 Å². The Labute approximate surface area is 126 Å². The molecule has 1 aromatic heterocycles. The molecule has 3 aromatic rings. The molecule has 0 spiro atoms. The van der Waals surface area contributed by atoms with Gasteiger partial charge >= 0.3 is 0 Å². The van der Waals surface area contributed by atoms with E-state index in [9.17, 15) is 0 Å². The Morgan fingerprint density at radius 2 is 1.90 bits per heavy atom. The molecular formula is C16H14BrN3. The van der Waals surface area contributed by atoms with Crippen molar-refractivity contribution < 1.29 is 0 Å². The van der Waals surface area contributed by atoms with Gasteiger partial charge in [-0.1, -0.05) is 52.3 Å². The van der Waals surface area contributed by atoms with Crippen LogP contribution in [0.4, 0.5) is 5.69 Å². The van der Waals surface area contributed by atoms with Crippen molar-refractivity contribution in [2.75, 3.05) is 5.73 Å². The summed E-state index contributed by atoms with van der Waals surface area (Å²) in [7, 11) is 0. The Kier molecular flexibility index (Phi) is 3.56. The zero-order valence-corrected chi connectivity index (χ0v) is 12.4. The van der Waals surface area contributed by atoms with Gasteiger partial charge in [0.25, 0.3) is 0 Å². The van der Waals surface area contributed by atoms with Crippen LogP contribution >= 0.6 is 15.9 Å². The van der Waals surface area contributed by atoms with Gasteiger partial charge < -0.3 is 10.3 Å². The summed E-state index contributed by atoms with van der Waals surface area (Å²) in [6.45, 7) is 0.712. The number of hydrogen-bond donors (Lipinski definition) is 1. The molecule has 0 aliphatic heterocycles. The molecule has 0 aliphatic rings. The number of halogens is 1.